The Kier molecular flexibility index (Phi) is 3.82. The molecule has 2 amide bonds. The van der Waals surface area contributed by atoms with Crippen LogP contribution >= 0.6 is 0 Å². The minimum atomic E-state index is -0.773. The van der Waals surface area contributed by atoms with Crippen molar-refractivity contribution in [2.75, 3.05) is 40.4 Å². The lowest BCUT2D eigenvalue weighted by molar-refractivity contribution is -0.159. The highest BCUT2D eigenvalue weighted by atomic mass is 16.5. The molecule has 0 aromatic heterocycles. The lowest BCUT2D eigenvalue weighted by Gasteiger charge is -2.45. The largest absolute Gasteiger partial charge is 0.379 e. The molecule has 6 nitrogen and oxygen atoms in total. The molecule has 2 aliphatic heterocycles. The number of likely N-dealkylation sites (N-methyl/N-ethyl adjacent to an activating group) is 2. The second kappa shape index (κ2) is 5.09. The first-order valence-corrected chi connectivity index (χ1v) is 6.71. The third-order valence-electron chi connectivity index (χ3n) is 4.24. The van der Waals surface area contributed by atoms with E-state index in [4.69, 9.17) is 4.74 Å². The van der Waals surface area contributed by atoms with Gasteiger partial charge >= 0.3 is 0 Å². The highest BCUT2D eigenvalue weighted by Crippen LogP contribution is 2.26. The Bertz CT molecular complexity index is 383. The zero-order valence-corrected chi connectivity index (χ0v) is 12.1. The van der Waals surface area contributed by atoms with E-state index in [9.17, 15) is 9.59 Å². The molecule has 0 radical (unpaired) electrons. The monoisotopic (exact) mass is 269 g/mol. The van der Waals surface area contributed by atoms with Crippen LogP contribution in [0.5, 0.6) is 0 Å². The Morgan fingerprint density at radius 1 is 1.37 bits per heavy atom. The molecule has 2 aliphatic rings. The number of ether oxygens (including phenoxy) is 1. The van der Waals surface area contributed by atoms with Crippen LogP contribution in [0.1, 0.15) is 13.8 Å². The Morgan fingerprint density at radius 2 is 2.05 bits per heavy atom. The van der Waals surface area contributed by atoms with Crippen molar-refractivity contribution in [3.8, 4) is 0 Å². The number of carbonyl (C=O) groups is 2. The van der Waals surface area contributed by atoms with Crippen LogP contribution < -0.4 is 5.32 Å². The summed E-state index contributed by atoms with van der Waals surface area (Å²) in [6, 6.07) is 0.0399. The average molecular weight is 269 g/mol. The molecule has 19 heavy (non-hydrogen) atoms. The highest BCUT2D eigenvalue weighted by Gasteiger charge is 2.46. The summed E-state index contributed by atoms with van der Waals surface area (Å²) in [5.41, 5.74) is -0.773. The number of nitrogens with zero attached hydrogens (tertiary/aromatic N) is 2. The van der Waals surface area contributed by atoms with E-state index in [1.165, 1.54) is 0 Å². The fourth-order valence-electron chi connectivity index (χ4n) is 2.88. The van der Waals surface area contributed by atoms with Crippen LogP contribution in [-0.4, -0.2) is 73.6 Å². The lowest BCUT2D eigenvalue weighted by atomic mass is 9.93. The predicted octanol–water partition coefficient (Wildman–Crippen LogP) is -0.700. The Balaban J connectivity index is 2.17. The summed E-state index contributed by atoms with van der Waals surface area (Å²) in [4.78, 5) is 28.3. The fourth-order valence-corrected chi connectivity index (χ4v) is 2.88. The maximum atomic E-state index is 12.7. The van der Waals surface area contributed by atoms with Gasteiger partial charge in [-0.25, -0.2) is 0 Å². The van der Waals surface area contributed by atoms with Gasteiger partial charge in [-0.2, -0.15) is 0 Å². The average Bonchev–Trinajstić information content (AvgIpc) is 2.83. The minimum Gasteiger partial charge on any atom is -0.379 e. The zero-order chi connectivity index (χ0) is 14.2. The molecule has 0 aromatic carbocycles. The van der Waals surface area contributed by atoms with Crippen molar-refractivity contribution in [2.24, 2.45) is 5.92 Å². The van der Waals surface area contributed by atoms with Crippen molar-refractivity contribution < 1.29 is 14.3 Å². The van der Waals surface area contributed by atoms with Gasteiger partial charge in [0.15, 0.2) is 0 Å². The number of amides is 2. The van der Waals surface area contributed by atoms with Crippen LogP contribution in [0, 0.1) is 5.92 Å². The van der Waals surface area contributed by atoms with Gasteiger partial charge < -0.3 is 19.9 Å². The van der Waals surface area contributed by atoms with Gasteiger partial charge in [0.25, 0.3) is 0 Å². The highest BCUT2D eigenvalue weighted by molar-refractivity contribution is 5.92. The van der Waals surface area contributed by atoms with Crippen LogP contribution in [-0.2, 0) is 14.3 Å². The van der Waals surface area contributed by atoms with E-state index in [-0.39, 0.29) is 23.8 Å². The van der Waals surface area contributed by atoms with E-state index >= 15 is 0 Å². The van der Waals surface area contributed by atoms with Crippen LogP contribution in [0.2, 0.25) is 0 Å². The van der Waals surface area contributed by atoms with E-state index in [2.05, 4.69) is 5.32 Å². The molecule has 2 unspecified atom stereocenters. The third kappa shape index (κ3) is 2.34. The van der Waals surface area contributed by atoms with E-state index in [1.807, 2.05) is 20.9 Å². The molecular formula is C13H23N3O3. The van der Waals surface area contributed by atoms with Crippen LogP contribution in [0.15, 0.2) is 0 Å². The fraction of sp³-hybridized carbons (Fsp3) is 0.846. The Hall–Kier alpha value is -1.14. The first kappa shape index (κ1) is 14.3. The molecule has 2 heterocycles. The standard InChI is InChI=1S/C13H23N3O3/c1-13(2)12(18)15(4)5-6-16(13)11(17)9-7-19-8-10(9)14-3/h9-10,14H,5-8H2,1-4H3. The molecule has 0 spiro atoms. The minimum absolute atomic E-state index is 0.00739. The van der Waals surface area contributed by atoms with Gasteiger partial charge in [-0.15, -0.1) is 0 Å². The predicted molar refractivity (Wildman–Crippen MR) is 70.6 cm³/mol. The van der Waals surface area contributed by atoms with Crippen molar-refractivity contribution in [3.63, 3.8) is 0 Å². The van der Waals surface area contributed by atoms with Crippen LogP contribution in [0.3, 0.4) is 0 Å². The molecule has 2 atom stereocenters. The molecule has 6 heteroatoms. The van der Waals surface area contributed by atoms with Gasteiger partial charge in [-0.1, -0.05) is 0 Å². The van der Waals surface area contributed by atoms with Gasteiger partial charge in [0.1, 0.15) is 5.54 Å². The molecular weight excluding hydrogens is 246 g/mol. The van der Waals surface area contributed by atoms with Gasteiger partial charge in [0, 0.05) is 26.2 Å². The maximum Gasteiger partial charge on any atom is 0.247 e. The second-order valence-corrected chi connectivity index (χ2v) is 5.81. The molecule has 0 aliphatic carbocycles. The molecule has 0 bridgehead atoms. The summed E-state index contributed by atoms with van der Waals surface area (Å²) < 4.78 is 5.38. The molecule has 2 saturated heterocycles. The van der Waals surface area contributed by atoms with Crippen molar-refractivity contribution in [1.29, 1.82) is 0 Å². The maximum absolute atomic E-state index is 12.7. The number of nitrogens with one attached hydrogen (secondary N) is 1. The normalized spacial score (nSPS) is 30.8. The van der Waals surface area contributed by atoms with E-state index in [0.29, 0.717) is 26.3 Å². The summed E-state index contributed by atoms with van der Waals surface area (Å²) in [5.74, 6) is -0.184. The number of piperazine rings is 1. The number of hydrogen-bond donors (Lipinski definition) is 1. The van der Waals surface area contributed by atoms with Gasteiger partial charge in [-0.05, 0) is 20.9 Å². The topological polar surface area (TPSA) is 61.9 Å². The van der Waals surface area contributed by atoms with Crippen LogP contribution in [0.25, 0.3) is 0 Å². The van der Waals surface area contributed by atoms with Gasteiger partial charge in [-0.3, -0.25) is 9.59 Å². The Morgan fingerprint density at radius 3 is 2.68 bits per heavy atom. The lowest BCUT2D eigenvalue weighted by Crippen LogP contribution is -2.65. The van der Waals surface area contributed by atoms with E-state index < -0.39 is 5.54 Å². The van der Waals surface area contributed by atoms with Crippen molar-refractivity contribution in [3.05, 3.63) is 0 Å². The summed E-state index contributed by atoms with van der Waals surface area (Å²) >= 11 is 0. The third-order valence-corrected chi connectivity index (χ3v) is 4.24. The molecule has 0 saturated carbocycles. The molecule has 0 aromatic rings. The van der Waals surface area contributed by atoms with Crippen LogP contribution in [0.4, 0.5) is 0 Å². The molecule has 2 rings (SSSR count). The van der Waals surface area contributed by atoms with E-state index in [0.717, 1.165) is 0 Å². The summed E-state index contributed by atoms with van der Waals surface area (Å²) in [6.45, 7) is 5.78. The zero-order valence-electron chi connectivity index (χ0n) is 12.1. The second-order valence-electron chi connectivity index (χ2n) is 5.81. The number of rotatable bonds is 2. The molecule has 108 valence electrons. The molecule has 1 N–H and O–H groups in total. The first-order valence-electron chi connectivity index (χ1n) is 6.71. The smallest absolute Gasteiger partial charge is 0.247 e. The number of carbonyl (C=O) groups excluding carboxylic acids is 2. The number of hydrogen-bond acceptors (Lipinski definition) is 4. The van der Waals surface area contributed by atoms with E-state index in [1.54, 1.807) is 16.8 Å². The van der Waals surface area contributed by atoms with Gasteiger partial charge in [0.2, 0.25) is 11.8 Å². The van der Waals surface area contributed by atoms with Gasteiger partial charge in [0.05, 0.1) is 19.1 Å². The molecule has 2 fully saturated rings. The summed E-state index contributed by atoms with van der Waals surface area (Å²) in [5, 5.41) is 3.11. The quantitative estimate of drug-likeness (QED) is 0.720. The first-order chi connectivity index (χ1) is 8.89. The summed E-state index contributed by atoms with van der Waals surface area (Å²) in [6.07, 6.45) is 0. The van der Waals surface area contributed by atoms with Crippen molar-refractivity contribution in [2.45, 2.75) is 25.4 Å². The SMILES string of the molecule is CNC1COCC1C(=O)N1CCN(C)C(=O)C1(C)C. The van der Waals surface area contributed by atoms with Crippen molar-refractivity contribution >= 4 is 11.8 Å². The Labute approximate surface area is 114 Å². The van der Waals surface area contributed by atoms with Crippen molar-refractivity contribution in [1.82, 2.24) is 15.1 Å². The summed E-state index contributed by atoms with van der Waals surface area (Å²) in [7, 11) is 3.61.